The van der Waals surface area contributed by atoms with Crippen molar-refractivity contribution in [2.75, 3.05) is 60.2 Å². The molecule has 1 aliphatic heterocycles. The van der Waals surface area contributed by atoms with Gasteiger partial charge < -0.3 is 36.0 Å². The van der Waals surface area contributed by atoms with Gasteiger partial charge in [0.15, 0.2) is 6.61 Å². The van der Waals surface area contributed by atoms with E-state index in [1.807, 2.05) is 42.5 Å². The van der Waals surface area contributed by atoms with Crippen molar-refractivity contribution in [3.8, 4) is 6.01 Å². The molecule has 1 aliphatic carbocycles. The SMILES string of the molecule is O=C(NC/C(=N/C(=O)c1ccc(Nc2nc(NC3(c4ccc(Cl)cc4)CC3)nc(OCC(F)(F)F)n2)cc1)C(=O)O)C(=O)Nc1ccc(N2CCN(Cc3ccccc3)CC2)cc1. The molecule has 1 aromatic heterocycles. The molecule has 0 spiro atoms. The number of amides is 3. The summed E-state index contributed by atoms with van der Waals surface area (Å²) in [5.74, 6) is -5.01. The second-order valence-corrected chi connectivity index (χ2v) is 15.1. The average molecular weight is 885 g/mol. The van der Waals surface area contributed by atoms with Crippen molar-refractivity contribution < 1.29 is 42.2 Å². The zero-order valence-electron chi connectivity index (χ0n) is 33.4. The molecule has 20 heteroatoms. The Labute approximate surface area is 363 Å². The largest absolute Gasteiger partial charge is 0.477 e. The van der Waals surface area contributed by atoms with Crippen LogP contribution in [0.25, 0.3) is 0 Å². The maximum absolute atomic E-state index is 13.0. The van der Waals surface area contributed by atoms with E-state index < -0.39 is 60.3 Å². The minimum atomic E-state index is -4.66. The van der Waals surface area contributed by atoms with Crippen LogP contribution in [0.3, 0.4) is 0 Å². The monoisotopic (exact) mass is 884 g/mol. The fraction of sp³-hybridized carbons (Fsp3) is 0.256. The fourth-order valence-electron chi connectivity index (χ4n) is 6.64. The zero-order chi connectivity index (χ0) is 44.6. The summed E-state index contributed by atoms with van der Waals surface area (Å²) in [5.41, 5.74) is 2.37. The maximum atomic E-state index is 13.0. The lowest BCUT2D eigenvalue weighted by atomic mass is 10.1. The van der Waals surface area contributed by atoms with Crippen molar-refractivity contribution >= 4 is 70.0 Å². The lowest BCUT2D eigenvalue weighted by Crippen LogP contribution is -2.45. The second kappa shape index (κ2) is 19.3. The summed E-state index contributed by atoms with van der Waals surface area (Å²) >= 11 is 6.03. The minimum absolute atomic E-state index is 0.0493. The van der Waals surface area contributed by atoms with Crippen LogP contribution >= 0.6 is 11.6 Å². The minimum Gasteiger partial charge on any atom is -0.477 e. The number of nitrogens with one attached hydrogen (secondary N) is 4. The average Bonchev–Trinajstić information content (AvgIpc) is 4.05. The molecule has 0 bridgehead atoms. The van der Waals surface area contributed by atoms with Gasteiger partial charge in [-0.1, -0.05) is 54.1 Å². The Kier molecular flexibility index (Phi) is 13.5. The highest BCUT2D eigenvalue weighted by molar-refractivity contribution is 6.42. The van der Waals surface area contributed by atoms with Crippen LogP contribution < -0.4 is 30.9 Å². The molecule has 16 nitrogen and oxygen atoms in total. The van der Waals surface area contributed by atoms with Crippen LogP contribution in [-0.4, -0.2) is 99.9 Å². The normalized spacial score (nSPS) is 14.9. The summed E-state index contributed by atoms with van der Waals surface area (Å²) in [6.07, 6.45) is -3.28. The van der Waals surface area contributed by atoms with Crippen molar-refractivity contribution in [3.63, 3.8) is 0 Å². The quantitative estimate of drug-likeness (QED) is 0.0601. The molecular formula is C43H40ClF3N10O6. The van der Waals surface area contributed by atoms with Gasteiger partial charge in [0.05, 0.1) is 12.1 Å². The molecule has 1 saturated carbocycles. The van der Waals surface area contributed by atoms with E-state index in [1.165, 1.54) is 29.8 Å². The number of carbonyl (C=O) groups excluding carboxylic acids is 3. The van der Waals surface area contributed by atoms with Crippen molar-refractivity contribution in [1.29, 1.82) is 0 Å². The summed E-state index contributed by atoms with van der Waals surface area (Å²) in [6.45, 7) is 1.92. The van der Waals surface area contributed by atoms with E-state index in [0.717, 1.165) is 44.0 Å². The number of rotatable bonds is 15. The van der Waals surface area contributed by atoms with Crippen LogP contribution in [0.15, 0.2) is 108 Å². The van der Waals surface area contributed by atoms with Gasteiger partial charge in [-0.15, -0.1) is 0 Å². The van der Waals surface area contributed by atoms with E-state index >= 15 is 0 Å². The van der Waals surface area contributed by atoms with E-state index in [2.05, 4.69) is 63.1 Å². The molecule has 0 radical (unpaired) electrons. The van der Waals surface area contributed by atoms with Crippen LogP contribution in [0.2, 0.25) is 5.02 Å². The molecule has 1 saturated heterocycles. The van der Waals surface area contributed by atoms with Gasteiger partial charge in [0.2, 0.25) is 11.9 Å². The van der Waals surface area contributed by atoms with Gasteiger partial charge >= 0.3 is 30.0 Å². The number of carboxylic acid groups (broad SMARTS) is 1. The van der Waals surface area contributed by atoms with Crippen molar-refractivity contribution in [2.45, 2.75) is 31.1 Å². The number of hydrogen-bond acceptors (Lipinski definition) is 12. The van der Waals surface area contributed by atoms with Crippen molar-refractivity contribution in [3.05, 3.63) is 125 Å². The van der Waals surface area contributed by atoms with E-state index in [0.29, 0.717) is 23.6 Å². The van der Waals surface area contributed by atoms with E-state index in [4.69, 9.17) is 16.3 Å². The smallest absolute Gasteiger partial charge is 0.422 e. The highest BCUT2D eigenvalue weighted by atomic mass is 35.5. The first kappa shape index (κ1) is 44.0. The number of benzene rings is 4. The number of carboxylic acids is 1. The number of nitrogens with zero attached hydrogens (tertiary/aromatic N) is 6. The number of alkyl halides is 3. The second-order valence-electron chi connectivity index (χ2n) is 14.7. The molecule has 2 aliphatic rings. The van der Waals surface area contributed by atoms with Crippen LogP contribution in [0.5, 0.6) is 6.01 Å². The molecule has 5 N–H and O–H groups in total. The molecule has 2 fully saturated rings. The molecule has 5 aromatic rings. The summed E-state index contributed by atoms with van der Waals surface area (Å²) in [6, 6.07) is 29.2. The van der Waals surface area contributed by atoms with Gasteiger partial charge in [-0.3, -0.25) is 19.3 Å². The Morgan fingerprint density at radius 3 is 2.08 bits per heavy atom. The highest BCUT2D eigenvalue weighted by Gasteiger charge is 2.45. The van der Waals surface area contributed by atoms with E-state index in [1.54, 1.807) is 24.3 Å². The highest BCUT2D eigenvalue weighted by Crippen LogP contribution is 2.48. The zero-order valence-corrected chi connectivity index (χ0v) is 34.1. The Hall–Kier alpha value is -7.12. The number of hydrogen-bond donors (Lipinski definition) is 5. The fourth-order valence-corrected chi connectivity index (χ4v) is 6.77. The first-order valence-electron chi connectivity index (χ1n) is 19.6. The standard InChI is InChI=1S/C43H40ClF3N10O6/c44-30-10-8-29(9-11-30)42(18-19-42)55-40-52-39(53-41(54-40)63-26-43(45,46)47)50-32-12-6-28(7-13-32)35(58)51-34(38(61)62)24-48-36(59)37(60)49-31-14-16-33(17-15-31)57-22-20-56(21-23-57)25-27-4-2-1-3-5-27/h1-17H,18-26H2,(H,48,59)(H,49,60)(H,61,62)(H2,50,52,53,54,55)/b51-34-. The number of piperazine rings is 1. The number of aliphatic carboxylic acids is 1. The molecule has 326 valence electrons. The molecule has 4 aromatic carbocycles. The summed E-state index contributed by atoms with van der Waals surface area (Å²) in [4.78, 5) is 70.7. The number of aromatic nitrogens is 3. The summed E-state index contributed by atoms with van der Waals surface area (Å²) in [5, 5.41) is 20.9. The van der Waals surface area contributed by atoms with Gasteiger partial charge in [-0.05, 0) is 84.6 Å². The number of halogens is 4. The lowest BCUT2D eigenvalue weighted by Gasteiger charge is -2.36. The third-order valence-electron chi connectivity index (χ3n) is 10.1. The summed E-state index contributed by atoms with van der Waals surface area (Å²) in [7, 11) is 0. The van der Waals surface area contributed by atoms with Gasteiger partial charge in [-0.25, -0.2) is 9.79 Å². The topological polar surface area (TPSA) is 203 Å². The van der Waals surface area contributed by atoms with Gasteiger partial charge in [0, 0.05) is 60.4 Å². The molecule has 7 rings (SSSR count). The van der Waals surface area contributed by atoms with Crippen LogP contribution in [0.4, 0.5) is 42.1 Å². The Balaban J connectivity index is 0.919. The van der Waals surface area contributed by atoms with Crippen LogP contribution in [0.1, 0.15) is 34.3 Å². The number of carbonyl (C=O) groups is 4. The molecule has 0 atom stereocenters. The first-order valence-corrected chi connectivity index (χ1v) is 20.0. The molecule has 63 heavy (non-hydrogen) atoms. The third kappa shape index (κ3) is 12.3. The Morgan fingerprint density at radius 1 is 0.794 bits per heavy atom. The molecule has 0 unspecified atom stereocenters. The summed E-state index contributed by atoms with van der Waals surface area (Å²) < 4.78 is 43.8. The van der Waals surface area contributed by atoms with E-state index in [9.17, 15) is 37.5 Å². The Bertz CT molecular complexity index is 2470. The molecular weight excluding hydrogens is 845 g/mol. The number of aliphatic imine (C=N–C) groups is 1. The van der Waals surface area contributed by atoms with Crippen molar-refractivity contribution in [2.24, 2.45) is 4.99 Å². The predicted molar refractivity (Wildman–Crippen MR) is 229 cm³/mol. The number of ether oxygens (including phenoxy) is 1. The Morgan fingerprint density at radius 2 is 1.44 bits per heavy atom. The maximum Gasteiger partial charge on any atom is 0.422 e. The van der Waals surface area contributed by atoms with Gasteiger partial charge in [-0.2, -0.15) is 28.1 Å². The van der Waals surface area contributed by atoms with Gasteiger partial charge in [0.1, 0.15) is 5.71 Å². The lowest BCUT2D eigenvalue weighted by molar-refractivity contribution is -0.154. The predicted octanol–water partition coefficient (Wildman–Crippen LogP) is 6.05. The van der Waals surface area contributed by atoms with Crippen molar-refractivity contribution in [1.82, 2.24) is 25.2 Å². The molecule has 2 heterocycles. The number of anilines is 5. The van der Waals surface area contributed by atoms with Crippen LogP contribution in [0, 0.1) is 0 Å². The van der Waals surface area contributed by atoms with Gasteiger partial charge in [0.25, 0.3) is 5.91 Å². The van der Waals surface area contributed by atoms with Crippen LogP contribution in [-0.2, 0) is 26.5 Å². The molecule has 3 amide bonds. The third-order valence-corrected chi connectivity index (χ3v) is 10.3. The first-order chi connectivity index (χ1) is 30.2. The van der Waals surface area contributed by atoms with E-state index in [-0.39, 0.29) is 23.1 Å².